The fourth-order valence-corrected chi connectivity index (χ4v) is 3.11. The second-order valence-corrected chi connectivity index (χ2v) is 6.05. The Labute approximate surface area is 144 Å². The monoisotopic (exact) mass is 343 g/mol. The number of hydrogen-bond donors (Lipinski definition) is 3. The molecule has 0 unspecified atom stereocenters. The van der Waals surface area contributed by atoms with Crippen molar-refractivity contribution in [3.63, 3.8) is 0 Å². The number of halogens is 1. The molecule has 0 saturated carbocycles. The van der Waals surface area contributed by atoms with Crippen molar-refractivity contribution < 1.29 is 9.90 Å². The summed E-state index contributed by atoms with van der Waals surface area (Å²) in [7, 11) is 0. The zero-order valence-electron chi connectivity index (χ0n) is 13.1. The number of aromatic amines is 1. The first-order valence-corrected chi connectivity index (χ1v) is 8.17. The summed E-state index contributed by atoms with van der Waals surface area (Å²) >= 11 is 6.30. The van der Waals surface area contributed by atoms with Crippen LogP contribution in [0.4, 0.5) is 0 Å². The summed E-state index contributed by atoms with van der Waals surface area (Å²) in [5.74, 6) is -0.936. The Morgan fingerprint density at radius 3 is 2.83 bits per heavy atom. The van der Waals surface area contributed by atoms with Gasteiger partial charge >= 0.3 is 5.97 Å². The third kappa shape index (κ3) is 3.13. The Morgan fingerprint density at radius 2 is 2.12 bits per heavy atom. The van der Waals surface area contributed by atoms with Crippen molar-refractivity contribution in [1.29, 1.82) is 0 Å². The van der Waals surface area contributed by atoms with E-state index in [4.69, 9.17) is 17.3 Å². The molecule has 3 aromatic rings. The Morgan fingerprint density at radius 1 is 1.29 bits per heavy atom. The number of nitrogens with zero attached hydrogens (tertiary/aromatic N) is 1. The lowest BCUT2D eigenvalue weighted by Gasteiger charge is -2.07. The van der Waals surface area contributed by atoms with Gasteiger partial charge in [-0.2, -0.15) is 0 Å². The van der Waals surface area contributed by atoms with Crippen molar-refractivity contribution in [3.05, 3.63) is 52.8 Å². The molecule has 6 heteroatoms. The van der Waals surface area contributed by atoms with Gasteiger partial charge in [-0.3, -0.25) is 4.98 Å². The van der Waals surface area contributed by atoms with Crippen LogP contribution >= 0.6 is 11.6 Å². The number of nitrogens with two attached hydrogens (primary N) is 1. The first-order valence-electron chi connectivity index (χ1n) is 7.79. The van der Waals surface area contributed by atoms with Crippen LogP contribution in [0.5, 0.6) is 0 Å². The molecule has 5 nitrogen and oxygen atoms in total. The molecule has 0 bridgehead atoms. The van der Waals surface area contributed by atoms with Crippen LogP contribution in [0.25, 0.3) is 22.2 Å². The van der Waals surface area contributed by atoms with Gasteiger partial charge in [-0.05, 0) is 55.6 Å². The highest BCUT2D eigenvalue weighted by atomic mass is 35.5. The van der Waals surface area contributed by atoms with Crippen molar-refractivity contribution in [2.24, 2.45) is 5.73 Å². The number of aromatic carboxylic acids is 1. The van der Waals surface area contributed by atoms with Crippen LogP contribution < -0.4 is 5.73 Å². The lowest BCUT2D eigenvalue weighted by atomic mass is 10.00. The van der Waals surface area contributed by atoms with E-state index < -0.39 is 5.97 Å². The highest BCUT2D eigenvalue weighted by Gasteiger charge is 2.16. The van der Waals surface area contributed by atoms with E-state index in [1.165, 1.54) is 0 Å². The molecule has 0 saturated heterocycles. The second kappa shape index (κ2) is 7.03. The highest BCUT2D eigenvalue weighted by Crippen LogP contribution is 2.35. The van der Waals surface area contributed by atoms with Gasteiger partial charge in [0.15, 0.2) is 0 Å². The van der Waals surface area contributed by atoms with Crippen LogP contribution in [0.2, 0.25) is 5.02 Å². The Balaban J connectivity index is 2.18. The predicted molar refractivity (Wildman–Crippen MR) is 95.5 cm³/mol. The van der Waals surface area contributed by atoms with E-state index in [1.54, 1.807) is 30.6 Å². The smallest absolute Gasteiger partial charge is 0.335 e. The van der Waals surface area contributed by atoms with Crippen LogP contribution in [0.3, 0.4) is 0 Å². The number of carbonyl (C=O) groups is 1. The van der Waals surface area contributed by atoms with E-state index in [2.05, 4.69) is 9.97 Å². The SMILES string of the molecule is NCCCCc1c(-c2ccncc2Cl)[nH]c2ccc(C(=O)O)cc12. The van der Waals surface area contributed by atoms with Crippen LogP contribution in [0.15, 0.2) is 36.7 Å². The first kappa shape index (κ1) is 16.5. The summed E-state index contributed by atoms with van der Waals surface area (Å²) in [5.41, 5.74) is 9.61. The van der Waals surface area contributed by atoms with Gasteiger partial charge < -0.3 is 15.8 Å². The van der Waals surface area contributed by atoms with Crippen LogP contribution in [-0.2, 0) is 6.42 Å². The van der Waals surface area contributed by atoms with Crippen LogP contribution in [0, 0.1) is 0 Å². The Bertz CT molecular complexity index is 889. The topological polar surface area (TPSA) is 92.0 Å². The second-order valence-electron chi connectivity index (χ2n) is 5.65. The maximum atomic E-state index is 11.3. The molecule has 2 aromatic heterocycles. The van der Waals surface area contributed by atoms with E-state index in [-0.39, 0.29) is 5.56 Å². The van der Waals surface area contributed by atoms with Gasteiger partial charge in [0.25, 0.3) is 0 Å². The number of fused-ring (bicyclic) bond motifs is 1. The van der Waals surface area contributed by atoms with Gasteiger partial charge in [-0.1, -0.05) is 11.6 Å². The summed E-state index contributed by atoms with van der Waals surface area (Å²) < 4.78 is 0. The summed E-state index contributed by atoms with van der Waals surface area (Å²) in [4.78, 5) is 18.7. The molecular weight excluding hydrogens is 326 g/mol. The van der Waals surface area contributed by atoms with Gasteiger partial charge in [0.1, 0.15) is 0 Å². The number of carboxylic acid groups (broad SMARTS) is 1. The van der Waals surface area contributed by atoms with Crippen molar-refractivity contribution in [1.82, 2.24) is 9.97 Å². The quantitative estimate of drug-likeness (QED) is 0.592. The normalized spacial score (nSPS) is 11.1. The number of rotatable bonds is 6. The number of benzene rings is 1. The van der Waals surface area contributed by atoms with Crippen molar-refractivity contribution in [2.75, 3.05) is 6.54 Å². The minimum Gasteiger partial charge on any atom is -0.478 e. The molecule has 3 rings (SSSR count). The molecule has 0 aliphatic rings. The third-order valence-corrected chi connectivity index (χ3v) is 4.38. The average molecular weight is 344 g/mol. The van der Waals surface area contributed by atoms with Gasteiger partial charge in [0, 0.05) is 28.9 Å². The number of nitrogens with one attached hydrogen (secondary N) is 1. The predicted octanol–water partition coefficient (Wildman–Crippen LogP) is 3.86. The number of aromatic nitrogens is 2. The van der Waals surface area contributed by atoms with E-state index in [1.807, 2.05) is 6.07 Å². The third-order valence-electron chi connectivity index (χ3n) is 4.08. The molecule has 24 heavy (non-hydrogen) atoms. The van der Waals surface area contributed by atoms with Gasteiger partial charge in [0.05, 0.1) is 16.3 Å². The van der Waals surface area contributed by atoms with Gasteiger partial charge in [-0.25, -0.2) is 4.79 Å². The number of unbranched alkanes of at least 4 members (excludes halogenated alkanes) is 1. The molecule has 0 amide bonds. The summed E-state index contributed by atoms with van der Waals surface area (Å²) in [6.45, 7) is 0.633. The molecule has 0 fully saturated rings. The Kier molecular flexibility index (Phi) is 4.83. The molecule has 0 aliphatic heterocycles. The molecule has 4 N–H and O–H groups in total. The number of pyridine rings is 1. The average Bonchev–Trinajstić information content (AvgIpc) is 2.93. The highest BCUT2D eigenvalue weighted by molar-refractivity contribution is 6.33. The molecule has 0 spiro atoms. The summed E-state index contributed by atoms with van der Waals surface area (Å²) in [6.07, 6.45) is 5.94. The van der Waals surface area contributed by atoms with E-state index in [9.17, 15) is 9.90 Å². The van der Waals surface area contributed by atoms with Crippen molar-refractivity contribution in [3.8, 4) is 11.3 Å². The maximum absolute atomic E-state index is 11.3. The first-order chi connectivity index (χ1) is 11.6. The zero-order chi connectivity index (χ0) is 17.1. The summed E-state index contributed by atoms with van der Waals surface area (Å²) in [5, 5.41) is 10.7. The largest absolute Gasteiger partial charge is 0.478 e. The molecular formula is C18H18ClN3O2. The van der Waals surface area contributed by atoms with Gasteiger partial charge in [0.2, 0.25) is 0 Å². The molecule has 0 aliphatic carbocycles. The molecule has 2 heterocycles. The number of carboxylic acids is 1. The minimum absolute atomic E-state index is 0.272. The molecule has 1 aromatic carbocycles. The minimum atomic E-state index is -0.936. The van der Waals surface area contributed by atoms with Crippen LogP contribution in [-0.4, -0.2) is 27.6 Å². The van der Waals surface area contributed by atoms with Crippen LogP contribution in [0.1, 0.15) is 28.8 Å². The van der Waals surface area contributed by atoms with E-state index in [0.717, 1.165) is 47.0 Å². The lowest BCUT2D eigenvalue weighted by molar-refractivity contribution is 0.0697. The lowest BCUT2D eigenvalue weighted by Crippen LogP contribution is -1.99. The van der Waals surface area contributed by atoms with Crippen molar-refractivity contribution >= 4 is 28.5 Å². The fraction of sp³-hybridized carbons (Fsp3) is 0.222. The number of aryl methyl sites for hydroxylation is 1. The van der Waals surface area contributed by atoms with Crippen molar-refractivity contribution in [2.45, 2.75) is 19.3 Å². The zero-order valence-corrected chi connectivity index (χ0v) is 13.8. The standard InChI is InChI=1S/C18H18ClN3O2/c19-15-10-21-8-6-13(15)17-12(3-1-2-7-20)14-9-11(18(23)24)4-5-16(14)22-17/h4-6,8-10,22H,1-3,7,20H2,(H,23,24). The van der Waals surface area contributed by atoms with Gasteiger partial charge in [-0.15, -0.1) is 0 Å². The molecule has 0 atom stereocenters. The summed E-state index contributed by atoms with van der Waals surface area (Å²) in [6, 6.07) is 6.97. The molecule has 124 valence electrons. The Hall–Kier alpha value is -2.37. The number of H-pyrrole nitrogens is 1. The van der Waals surface area contributed by atoms with E-state index in [0.29, 0.717) is 11.6 Å². The number of hydrogen-bond acceptors (Lipinski definition) is 3. The van der Waals surface area contributed by atoms with E-state index >= 15 is 0 Å². The maximum Gasteiger partial charge on any atom is 0.335 e. The molecule has 0 radical (unpaired) electrons. The fourth-order valence-electron chi connectivity index (χ4n) is 2.89.